The van der Waals surface area contributed by atoms with Gasteiger partial charge in [-0.05, 0) is 5.56 Å². The Balaban J connectivity index is 1.91. The first-order chi connectivity index (χ1) is 13.0. The molecule has 27 heavy (non-hydrogen) atoms. The third kappa shape index (κ3) is 2.71. The van der Waals surface area contributed by atoms with E-state index in [0.717, 1.165) is 11.9 Å². The Morgan fingerprint density at radius 1 is 0.741 bits per heavy atom. The van der Waals surface area contributed by atoms with Gasteiger partial charge in [-0.3, -0.25) is 0 Å². The van der Waals surface area contributed by atoms with E-state index in [0.29, 0.717) is 6.54 Å². The highest BCUT2D eigenvalue weighted by Crippen LogP contribution is 2.33. The summed E-state index contributed by atoms with van der Waals surface area (Å²) >= 11 is 0. The summed E-state index contributed by atoms with van der Waals surface area (Å²) in [5.74, 6) is -10.2. The minimum atomic E-state index is -2.23. The van der Waals surface area contributed by atoms with Gasteiger partial charge in [-0.1, -0.05) is 30.3 Å². The minimum absolute atomic E-state index is 0.0726. The van der Waals surface area contributed by atoms with Crippen LogP contribution in [0.25, 0.3) is 22.4 Å². The van der Waals surface area contributed by atoms with Gasteiger partial charge < -0.3 is 4.57 Å². The lowest BCUT2D eigenvalue weighted by Crippen LogP contribution is -2.06. The van der Waals surface area contributed by atoms with E-state index in [1.54, 1.807) is 4.57 Å². The summed E-state index contributed by atoms with van der Waals surface area (Å²) in [5, 5.41) is 0. The molecule has 136 valence electrons. The van der Waals surface area contributed by atoms with Gasteiger partial charge in [-0.2, -0.15) is 0 Å². The number of aromatic nitrogens is 4. The molecule has 2 heterocycles. The molecule has 0 aliphatic heterocycles. The zero-order valence-electron chi connectivity index (χ0n) is 13.4. The van der Waals surface area contributed by atoms with Gasteiger partial charge in [0.15, 0.2) is 28.9 Å². The van der Waals surface area contributed by atoms with Crippen LogP contribution in [0.3, 0.4) is 0 Å². The Hall–Kier alpha value is -3.36. The fraction of sp³-hybridized carbons (Fsp3) is 0.0556. The number of hydrogen-bond donors (Lipinski definition) is 0. The van der Waals surface area contributed by atoms with E-state index >= 15 is 0 Å². The van der Waals surface area contributed by atoms with Gasteiger partial charge in [-0.15, -0.1) is 0 Å². The molecule has 0 aliphatic carbocycles. The number of hydrogen-bond acceptors (Lipinski definition) is 3. The maximum atomic E-state index is 14.2. The van der Waals surface area contributed by atoms with Crippen molar-refractivity contribution < 1.29 is 22.0 Å². The SMILES string of the molecule is Fc1c(F)c(F)c(-c2ncnc3c2ncn3Cc2ccccc2)c(F)c1F. The molecule has 0 radical (unpaired) electrons. The highest BCUT2D eigenvalue weighted by atomic mass is 19.2. The molecule has 0 bridgehead atoms. The Morgan fingerprint density at radius 3 is 2.04 bits per heavy atom. The van der Waals surface area contributed by atoms with Crippen molar-refractivity contribution in [1.82, 2.24) is 19.5 Å². The van der Waals surface area contributed by atoms with Gasteiger partial charge in [0, 0.05) is 0 Å². The number of fused-ring (bicyclic) bond motifs is 1. The molecule has 2 aromatic heterocycles. The average Bonchev–Trinajstić information content (AvgIpc) is 3.09. The first-order valence-corrected chi connectivity index (χ1v) is 7.70. The van der Waals surface area contributed by atoms with Crippen LogP contribution in [0, 0.1) is 29.1 Å². The highest BCUT2D eigenvalue weighted by Gasteiger charge is 2.29. The predicted molar refractivity (Wildman–Crippen MR) is 86.1 cm³/mol. The van der Waals surface area contributed by atoms with Crippen LogP contribution in [0.15, 0.2) is 43.0 Å². The average molecular weight is 376 g/mol. The zero-order valence-corrected chi connectivity index (χ0v) is 13.4. The molecular weight excluding hydrogens is 367 g/mol. The maximum absolute atomic E-state index is 14.2. The van der Waals surface area contributed by atoms with Crippen molar-refractivity contribution in [3.8, 4) is 11.3 Å². The second-order valence-electron chi connectivity index (χ2n) is 5.70. The molecule has 0 spiro atoms. The fourth-order valence-corrected chi connectivity index (χ4v) is 2.77. The molecule has 4 rings (SSSR count). The molecular formula is C18H9F5N4. The van der Waals surface area contributed by atoms with Crippen LogP contribution in [0.1, 0.15) is 5.56 Å². The maximum Gasteiger partial charge on any atom is 0.200 e. The van der Waals surface area contributed by atoms with E-state index in [2.05, 4.69) is 15.0 Å². The normalized spacial score (nSPS) is 11.3. The molecule has 0 saturated heterocycles. The third-order valence-electron chi connectivity index (χ3n) is 4.04. The first-order valence-electron chi connectivity index (χ1n) is 7.70. The highest BCUT2D eigenvalue weighted by molar-refractivity contribution is 5.87. The Morgan fingerprint density at radius 2 is 1.37 bits per heavy atom. The second kappa shape index (κ2) is 6.42. The van der Waals surface area contributed by atoms with Gasteiger partial charge >= 0.3 is 0 Å². The van der Waals surface area contributed by atoms with Crippen LogP contribution in [0.4, 0.5) is 22.0 Å². The molecule has 0 saturated carbocycles. The van der Waals surface area contributed by atoms with Crippen LogP contribution in [0.2, 0.25) is 0 Å². The van der Waals surface area contributed by atoms with Gasteiger partial charge in [0.2, 0.25) is 5.82 Å². The Kier molecular flexibility index (Phi) is 4.06. The summed E-state index contributed by atoms with van der Waals surface area (Å²) in [4.78, 5) is 11.8. The summed E-state index contributed by atoms with van der Waals surface area (Å²) in [7, 11) is 0. The third-order valence-corrected chi connectivity index (χ3v) is 4.04. The number of imidazole rings is 1. The summed E-state index contributed by atoms with van der Waals surface area (Å²) in [6.45, 7) is 0.352. The quantitative estimate of drug-likeness (QED) is 0.305. The van der Waals surface area contributed by atoms with Crippen LogP contribution >= 0.6 is 0 Å². The lowest BCUT2D eigenvalue weighted by atomic mass is 10.1. The number of nitrogens with zero attached hydrogens (tertiary/aromatic N) is 4. The second-order valence-corrected chi connectivity index (χ2v) is 5.70. The summed E-state index contributed by atoms with van der Waals surface area (Å²) in [5.41, 5.74) is -0.569. The molecule has 4 nitrogen and oxygen atoms in total. The molecule has 0 N–H and O–H groups in total. The lowest BCUT2D eigenvalue weighted by Gasteiger charge is -2.08. The minimum Gasteiger partial charge on any atom is -0.311 e. The van der Waals surface area contributed by atoms with E-state index < -0.39 is 40.3 Å². The molecule has 0 unspecified atom stereocenters. The van der Waals surface area contributed by atoms with Crippen LogP contribution in [-0.4, -0.2) is 19.5 Å². The molecule has 0 atom stereocenters. The van der Waals surface area contributed by atoms with Crippen molar-refractivity contribution in [2.45, 2.75) is 6.54 Å². The van der Waals surface area contributed by atoms with Crippen LogP contribution < -0.4 is 0 Å². The van der Waals surface area contributed by atoms with Crippen molar-refractivity contribution in [2.24, 2.45) is 0 Å². The smallest absolute Gasteiger partial charge is 0.200 e. The Bertz CT molecular complexity index is 1130. The van der Waals surface area contributed by atoms with Crippen molar-refractivity contribution in [3.63, 3.8) is 0 Å². The van der Waals surface area contributed by atoms with Crippen LogP contribution in [-0.2, 0) is 6.54 Å². The monoisotopic (exact) mass is 376 g/mol. The van der Waals surface area contributed by atoms with Crippen molar-refractivity contribution in [2.75, 3.05) is 0 Å². The summed E-state index contributed by atoms with van der Waals surface area (Å²) in [6, 6.07) is 9.24. The number of halogens is 5. The van der Waals surface area contributed by atoms with Gasteiger partial charge in [0.05, 0.1) is 18.4 Å². The van der Waals surface area contributed by atoms with Gasteiger partial charge in [0.25, 0.3) is 0 Å². The van der Waals surface area contributed by atoms with Gasteiger partial charge in [0.1, 0.15) is 17.5 Å². The predicted octanol–water partition coefficient (Wildman–Crippen LogP) is 4.24. The summed E-state index contributed by atoms with van der Waals surface area (Å²) in [6.07, 6.45) is 2.35. The molecule has 2 aromatic carbocycles. The number of rotatable bonds is 3. The zero-order chi connectivity index (χ0) is 19.1. The molecule has 0 fully saturated rings. The Labute approximate surface area is 148 Å². The number of benzene rings is 2. The van der Waals surface area contributed by atoms with E-state index in [4.69, 9.17) is 0 Å². The van der Waals surface area contributed by atoms with E-state index in [9.17, 15) is 22.0 Å². The van der Waals surface area contributed by atoms with Crippen molar-refractivity contribution in [3.05, 3.63) is 77.6 Å². The largest absolute Gasteiger partial charge is 0.311 e. The molecule has 9 heteroatoms. The molecule has 0 amide bonds. The fourth-order valence-electron chi connectivity index (χ4n) is 2.77. The summed E-state index contributed by atoms with van der Waals surface area (Å²) < 4.78 is 70.3. The van der Waals surface area contributed by atoms with Gasteiger partial charge in [-0.25, -0.2) is 36.9 Å². The first kappa shape index (κ1) is 17.1. The van der Waals surface area contributed by atoms with E-state index in [1.807, 2.05) is 30.3 Å². The van der Waals surface area contributed by atoms with E-state index in [1.165, 1.54) is 6.33 Å². The van der Waals surface area contributed by atoms with Crippen LogP contribution in [0.5, 0.6) is 0 Å². The standard InChI is InChI=1S/C18H9F5N4/c19-11-10(12(20)14(22)15(23)13(11)21)16-17-18(25-7-24-16)27(8-26-17)6-9-4-2-1-3-5-9/h1-5,7-8H,6H2. The molecule has 4 aromatic rings. The lowest BCUT2D eigenvalue weighted by molar-refractivity contribution is 0.381. The molecule has 0 aliphatic rings. The topological polar surface area (TPSA) is 43.6 Å². The van der Waals surface area contributed by atoms with Crippen molar-refractivity contribution >= 4 is 11.2 Å². The van der Waals surface area contributed by atoms with E-state index in [-0.39, 0.29) is 11.2 Å². The van der Waals surface area contributed by atoms with Crippen molar-refractivity contribution in [1.29, 1.82) is 0 Å².